The third-order valence-electron chi connectivity index (χ3n) is 4.93. The molecule has 1 unspecified atom stereocenters. The molecule has 0 radical (unpaired) electrons. The molecule has 0 spiro atoms. The van der Waals surface area contributed by atoms with Crippen LogP contribution in [0.25, 0.3) is 0 Å². The topological polar surface area (TPSA) is 88.8 Å². The Kier molecular flexibility index (Phi) is 4.69. The Labute approximate surface area is 146 Å². The van der Waals surface area contributed by atoms with Crippen molar-refractivity contribution in [3.63, 3.8) is 0 Å². The fourth-order valence-electron chi connectivity index (χ4n) is 3.42. The molecule has 1 saturated heterocycles. The van der Waals surface area contributed by atoms with E-state index >= 15 is 0 Å². The van der Waals surface area contributed by atoms with Gasteiger partial charge in [-0.3, -0.25) is 14.7 Å². The number of aromatic nitrogens is 5. The number of amides is 1. The van der Waals surface area contributed by atoms with Gasteiger partial charge in [0.05, 0.1) is 18.6 Å². The van der Waals surface area contributed by atoms with E-state index in [1.165, 1.54) is 5.56 Å². The van der Waals surface area contributed by atoms with E-state index in [0.29, 0.717) is 12.6 Å². The molecule has 1 N–H and O–H groups in total. The van der Waals surface area contributed by atoms with Gasteiger partial charge in [-0.25, -0.2) is 4.68 Å². The van der Waals surface area contributed by atoms with Gasteiger partial charge in [-0.05, 0) is 60.4 Å². The van der Waals surface area contributed by atoms with Gasteiger partial charge in [-0.1, -0.05) is 6.42 Å². The van der Waals surface area contributed by atoms with Crippen LogP contribution in [-0.4, -0.2) is 48.6 Å². The van der Waals surface area contributed by atoms with Crippen molar-refractivity contribution in [1.82, 2.24) is 35.4 Å². The Morgan fingerprint density at radius 3 is 2.84 bits per heavy atom. The highest BCUT2D eigenvalue weighted by atomic mass is 16.2. The molecule has 2 aromatic heterocycles. The van der Waals surface area contributed by atoms with Gasteiger partial charge in [0.1, 0.15) is 0 Å². The van der Waals surface area contributed by atoms with Crippen molar-refractivity contribution < 1.29 is 4.79 Å². The predicted octanol–water partition coefficient (Wildman–Crippen LogP) is 1.07. The van der Waals surface area contributed by atoms with Crippen LogP contribution in [0.5, 0.6) is 0 Å². The van der Waals surface area contributed by atoms with Gasteiger partial charge in [0.2, 0.25) is 5.91 Å². The van der Waals surface area contributed by atoms with Crippen molar-refractivity contribution in [3.8, 4) is 0 Å². The third kappa shape index (κ3) is 3.84. The quantitative estimate of drug-likeness (QED) is 0.845. The van der Waals surface area contributed by atoms with Gasteiger partial charge >= 0.3 is 0 Å². The standard InChI is InChI=1S/C17H23N7O/c25-17(19-11-16-20-21-22-24(16)14-4-5-14)15-3-1-2-10-23(15)12-13-6-8-18-9-7-13/h6-9,14-15H,1-5,10-12H2,(H,19,25). The number of hydrogen-bond acceptors (Lipinski definition) is 6. The number of nitrogens with zero attached hydrogens (tertiary/aromatic N) is 6. The van der Waals surface area contributed by atoms with E-state index in [0.717, 1.165) is 51.0 Å². The maximum Gasteiger partial charge on any atom is 0.237 e. The van der Waals surface area contributed by atoms with Crippen LogP contribution in [0.2, 0.25) is 0 Å². The van der Waals surface area contributed by atoms with Gasteiger partial charge in [-0.15, -0.1) is 5.10 Å². The molecule has 1 saturated carbocycles. The van der Waals surface area contributed by atoms with Crippen molar-refractivity contribution in [3.05, 3.63) is 35.9 Å². The fraction of sp³-hybridized carbons (Fsp3) is 0.588. The molecule has 0 bridgehead atoms. The minimum Gasteiger partial charge on any atom is -0.347 e. The fourth-order valence-corrected chi connectivity index (χ4v) is 3.42. The molecule has 8 nitrogen and oxygen atoms in total. The second kappa shape index (κ2) is 7.26. The van der Waals surface area contributed by atoms with Crippen LogP contribution in [0.1, 0.15) is 49.5 Å². The smallest absolute Gasteiger partial charge is 0.237 e. The first kappa shape index (κ1) is 16.1. The number of piperidine rings is 1. The number of carbonyl (C=O) groups is 1. The van der Waals surface area contributed by atoms with Crippen LogP contribution in [0, 0.1) is 0 Å². The Morgan fingerprint density at radius 1 is 1.20 bits per heavy atom. The molecule has 1 atom stereocenters. The summed E-state index contributed by atoms with van der Waals surface area (Å²) in [5, 5.41) is 14.9. The Hall–Kier alpha value is -2.35. The van der Waals surface area contributed by atoms with Crippen LogP contribution in [0.3, 0.4) is 0 Å². The first-order valence-electron chi connectivity index (χ1n) is 8.98. The maximum atomic E-state index is 12.7. The molecule has 2 fully saturated rings. The van der Waals surface area contributed by atoms with Gasteiger partial charge in [-0.2, -0.15) is 0 Å². The summed E-state index contributed by atoms with van der Waals surface area (Å²) >= 11 is 0. The molecular formula is C17H23N7O. The zero-order valence-electron chi connectivity index (χ0n) is 14.2. The minimum absolute atomic E-state index is 0.0686. The van der Waals surface area contributed by atoms with Crippen LogP contribution < -0.4 is 5.32 Å². The minimum atomic E-state index is -0.0906. The lowest BCUT2D eigenvalue weighted by molar-refractivity contribution is -0.128. The number of carbonyl (C=O) groups excluding carboxylic acids is 1. The third-order valence-corrected chi connectivity index (χ3v) is 4.93. The monoisotopic (exact) mass is 341 g/mol. The molecule has 1 aliphatic heterocycles. The Balaban J connectivity index is 1.37. The molecule has 4 rings (SSSR count). The number of pyridine rings is 1. The van der Waals surface area contributed by atoms with Crippen LogP contribution >= 0.6 is 0 Å². The highest BCUT2D eigenvalue weighted by molar-refractivity contribution is 5.81. The van der Waals surface area contributed by atoms with E-state index in [1.807, 2.05) is 16.8 Å². The van der Waals surface area contributed by atoms with E-state index in [1.54, 1.807) is 12.4 Å². The molecule has 25 heavy (non-hydrogen) atoms. The molecule has 132 valence electrons. The lowest BCUT2D eigenvalue weighted by Crippen LogP contribution is -2.49. The molecule has 8 heteroatoms. The average Bonchev–Trinajstić information content (AvgIpc) is 3.39. The largest absolute Gasteiger partial charge is 0.347 e. The van der Waals surface area contributed by atoms with Gasteiger partial charge in [0, 0.05) is 18.9 Å². The number of hydrogen-bond donors (Lipinski definition) is 1. The SMILES string of the molecule is O=C(NCc1nnnn1C1CC1)C1CCCCN1Cc1ccncc1. The highest BCUT2D eigenvalue weighted by Gasteiger charge is 2.30. The van der Waals surface area contributed by atoms with Crippen molar-refractivity contribution in [2.75, 3.05) is 6.54 Å². The van der Waals surface area contributed by atoms with E-state index in [-0.39, 0.29) is 11.9 Å². The van der Waals surface area contributed by atoms with E-state index in [9.17, 15) is 4.79 Å². The summed E-state index contributed by atoms with van der Waals surface area (Å²) in [6, 6.07) is 4.34. The first-order valence-corrected chi connectivity index (χ1v) is 8.98. The second-order valence-electron chi connectivity index (χ2n) is 6.83. The lowest BCUT2D eigenvalue weighted by Gasteiger charge is -2.34. The van der Waals surface area contributed by atoms with Gasteiger partial charge < -0.3 is 5.32 Å². The van der Waals surface area contributed by atoms with Crippen LogP contribution in [0.4, 0.5) is 0 Å². The molecule has 1 amide bonds. The Bertz CT molecular complexity index is 713. The maximum absolute atomic E-state index is 12.7. The predicted molar refractivity (Wildman–Crippen MR) is 90.2 cm³/mol. The molecule has 0 aromatic carbocycles. The van der Waals surface area contributed by atoms with Crippen LogP contribution in [0.15, 0.2) is 24.5 Å². The normalized spacial score (nSPS) is 21.2. The summed E-state index contributed by atoms with van der Waals surface area (Å²) in [4.78, 5) is 19.1. The summed E-state index contributed by atoms with van der Waals surface area (Å²) in [5.74, 6) is 0.812. The van der Waals surface area contributed by atoms with Crippen molar-refractivity contribution >= 4 is 5.91 Å². The van der Waals surface area contributed by atoms with Crippen molar-refractivity contribution in [2.45, 2.75) is 57.3 Å². The number of nitrogens with one attached hydrogen (secondary N) is 1. The molecule has 1 aliphatic carbocycles. The van der Waals surface area contributed by atoms with E-state index < -0.39 is 0 Å². The van der Waals surface area contributed by atoms with Crippen molar-refractivity contribution in [1.29, 1.82) is 0 Å². The zero-order valence-corrected chi connectivity index (χ0v) is 14.2. The number of tetrazole rings is 1. The van der Waals surface area contributed by atoms with Gasteiger partial charge in [0.25, 0.3) is 0 Å². The summed E-state index contributed by atoms with van der Waals surface area (Å²) in [5.41, 5.74) is 1.19. The summed E-state index contributed by atoms with van der Waals surface area (Å²) < 4.78 is 1.84. The van der Waals surface area contributed by atoms with E-state index in [2.05, 4.69) is 30.7 Å². The zero-order chi connectivity index (χ0) is 17.1. The van der Waals surface area contributed by atoms with Gasteiger partial charge in [0.15, 0.2) is 5.82 Å². The number of likely N-dealkylation sites (tertiary alicyclic amines) is 1. The average molecular weight is 341 g/mol. The summed E-state index contributed by atoms with van der Waals surface area (Å²) in [6.07, 6.45) is 8.95. The summed E-state index contributed by atoms with van der Waals surface area (Å²) in [7, 11) is 0. The van der Waals surface area contributed by atoms with Crippen molar-refractivity contribution in [2.24, 2.45) is 0 Å². The lowest BCUT2D eigenvalue weighted by atomic mass is 10.0. The van der Waals surface area contributed by atoms with E-state index in [4.69, 9.17) is 0 Å². The first-order chi connectivity index (χ1) is 12.3. The molecular weight excluding hydrogens is 318 g/mol. The number of rotatable bonds is 6. The molecule has 2 aliphatic rings. The molecule has 2 aromatic rings. The summed E-state index contributed by atoms with van der Waals surface area (Å²) in [6.45, 7) is 2.11. The Morgan fingerprint density at radius 2 is 2.04 bits per heavy atom. The second-order valence-corrected chi connectivity index (χ2v) is 6.83. The molecule has 3 heterocycles. The highest BCUT2D eigenvalue weighted by Crippen LogP contribution is 2.34. The van der Waals surface area contributed by atoms with Crippen LogP contribution in [-0.2, 0) is 17.9 Å².